The topological polar surface area (TPSA) is 105 Å². The minimum absolute atomic E-state index is 0.182. The minimum Gasteiger partial charge on any atom is -0.484 e. The maximum atomic E-state index is 13.3. The van der Waals surface area contributed by atoms with Crippen molar-refractivity contribution in [1.29, 1.82) is 0 Å². The molecule has 0 aliphatic carbocycles. The lowest BCUT2D eigenvalue weighted by atomic mass is 9.98. The summed E-state index contributed by atoms with van der Waals surface area (Å²) in [6.07, 6.45) is -6.77. The molecular weight excluding hydrogens is 581 g/mol. The summed E-state index contributed by atoms with van der Waals surface area (Å²) in [4.78, 5) is 13.1. The standard InChI is InChI=1S/C31H26ClF3N6O2/c1-19-6-13-23(14-7-19)36-30(42)37-26-18-21(24-4-2-3-5-25(24)29-38-40-41-39-29)10-15-28(26)43-27(16-17-31(33,34)35)20-8-11-22(32)12-9-20/h2-15,18,27H,16-17H2,1H3,(H2,36,37,42)(H,38,39,40,41). The molecule has 0 saturated carbocycles. The van der Waals surface area contributed by atoms with E-state index in [1.165, 1.54) is 0 Å². The molecule has 5 aromatic rings. The maximum Gasteiger partial charge on any atom is 0.389 e. The molecule has 8 nitrogen and oxygen atoms in total. The van der Waals surface area contributed by atoms with E-state index in [0.717, 1.165) is 11.1 Å². The molecule has 1 aromatic heterocycles. The van der Waals surface area contributed by atoms with Crippen LogP contribution in [-0.4, -0.2) is 32.8 Å². The third-order valence-electron chi connectivity index (χ3n) is 6.56. The summed E-state index contributed by atoms with van der Waals surface area (Å²) in [7, 11) is 0. The number of rotatable bonds is 9. The average molecular weight is 607 g/mol. The highest BCUT2D eigenvalue weighted by molar-refractivity contribution is 6.30. The van der Waals surface area contributed by atoms with Crippen molar-refractivity contribution in [2.24, 2.45) is 0 Å². The van der Waals surface area contributed by atoms with Gasteiger partial charge in [0.25, 0.3) is 0 Å². The van der Waals surface area contributed by atoms with Crippen LogP contribution >= 0.6 is 11.6 Å². The van der Waals surface area contributed by atoms with Crippen molar-refractivity contribution in [1.82, 2.24) is 20.6 Å². The molecule has 0 spiro atoms. The number of anilines is 2. The Morgan fingerprint density at radius 1 is 0.953 bits per heavy atom. The number of amides is 2. The molecule has 4 aromatic carbocycles. The van der Waals surface area contributed by atoms with Gasteiger partial charge in [-0.05, 0) is 71.6 Å². The van der Waals surface area contributed by atoms with Crippen LogP contribution in [0.25, 0.3) is 22.5 Å². The average Bonchev–Trinajstić information content (AvgIpc) is 3.52. The van der Waals surface area contributed by atoms with Gasteiger partial charge in [0.05, 0.1) is 5.69 Å². The molecule has 0 aliphatic rings. The second-order valence-corrected chi connectivity index (χ2v) is 10.2. The largest absolute Gasteiger partial charge is 0.484 e. The number of carbonyl (C=O) groups excluding carboxylic acids is 1. The lowest BCUT2D eigenvalue weighted by Crippen LogP contribution is -2.20. The SMILES string of the molecule is Cc1ccc(NC(=O)Nc2cc(-c3ccccc3-c3nn[nH]n3)ccc2OC(CCC(F)(F)F)c2ccc(Cl)cc2)cc1. The van der Waals surface area contributed by atoms with Crippen LogP contribution in [0.5, 0.6) is 5.75 Å². The van der Waals surface area contributed by atoms with Gasteiger partial charge in [0.1, 0.15) is 11.9 Å². The highest BCUT2D eigenvalue weighted by Crippen LogP contribution is 2.39. The molecule has 3 N–H and O–H groups in total. The van der Waals surface area contributed by atoms with Crippen LogP contribution in [0, 0.1) is 6.92 Å². The molecule has 1 heterocycles. The number of aromatic nitrogens is 4. The van der Waals surface area contributed by atoms with Gasteiger partial charge in [-0.2, -0.15) is 18.4 Å². The van der Waals surface area contributed by atoms with Crippen LogP contribution in [0.1, 0.15) is 30.1 Å². The van der Waals surface area contributed by atoms with Gasteiger partial charge in [0.15, 0.2) is 0 Å². The monoisotopic (exact) mass is 606 g/mol. The van der Waals surface area contributed by atoms with Crippen LogP contribution in [0.3, 0.4) is 0 Å². The second-order valence-electron chi connectivity index (χ2n) is 9.75. The van der Waals surface area contributed by atoms with Crippen molar-refractivity contribution in [3.63, 3.8) is 0 Å². The van der Waals surface area contributed by atoms with Gasteiger partial charge >= 0.3 is 12.2 Å². The molecule has 0 bridgehead atoms. The van der Waals surface area contributed by atoms with E-state index in [2.05, 4.69) is 31.3 Å². The minimum atomic E-state index is -4.38. The summed E-state index contributed by atoms with van der Waals surface area (Å²) < 4.78 is 46.0. The Morgan fingerprint density at radius 2 is 1.67 bits per heavy atom. The van der Waals surface area contributed by atoms with Crippen molar-refractivity contribution in [3.8, 4) is 28.3 Å². The number of aromatic amines is 1. The van der Waals surface area contributed by atoms with E-state index < -0.39 is 24.7 Å². The van der Waals surface area contributed by atoms with E-state index in [1.54, 1.807) is 54.6 Å². The number of tetrazole rings is 1. The Kier molecular flexibility index (Phi) is 8.91. The van der Waals surface area contributed by atoms with Crippen molar-refractivity contribution >= 4 is 29.0 Å². The molecule has 0 aliphatic heterocycles. The molecule has 1 atom stereocenters. The fourth-order valence-electron chi connectivity index (χ4n) is 4.44. The molecule has 0 saturated heterocycles. The Morgan fingerprint density at radius 3 is 2.35 bits per heavy atom. The summed E-state index contributed by atoms with van der Waals surface area (Å²) in [6, 6.07) is 25.5. The molecule has 5 rings (SSSR count). The number of carbonyl (C=O) groups is 1. The number of aryl methyl sites for hydroxylation is 1. The number of nitrogens with zero attached hydrogens (tertiary/aromatic N) is 3. The zero-order chi connectivity index (χ0) is 30.4. The van der Waals surface area contributed by atoms with Gasteiger partial charge in [-0.3, -0.25) is 0 Å². The Labute approximate surface area is 250 Å². The summed E-state index contributed by atoms with van der Waals surface area (Å²) in [6.45, 7) is 1.93. The first-order valence-electron chi connectivity index (χ1n) is 13.3. The van der Waals surface area contributed by atoms with Gasteiger partial charge in [-0.1, -0.05) is 71.8 Å². The van der Waals surface area contributed by atoms with Gasteiger partial charge in [-0.25, -0.2) is 4.79 Å². The normalized spacial score (nSPS) is 12.0. The van der Waals surface area contributed by atoms with E-state index in [1.807, 2.05) is 43.3 Å². The number of ether oxygens (including phenoxy) is 1. The first kappa shape index (κ1) is 29.6. The number of urea groups is 1. The third-order valence-corrected chi connectivity index (χ3v) is 6.81. The molecule has 0 fully saturated rings. The quantitative estimate of drug-likeness (QED) is 0.156. The summed E-state index contributed by atoms with van der Waals surface area (Å²) in [5.41, 5.74) is 4.45. The Bertz CT molecular complexity index is 1680. The predicted octanol–water partition coefficient (Wildman–Crippen LogP) is 8.60. The highest BCUT2D eigenvalue weighted by Gasteiger charge is 2.30. The van der Waals surface area contributed by atoms with Crippen molar-refractivity contribution in [3.05, 3.63) is 107 Å². The summed E-state index contributed by atoms with van der Waals surface area (Å²) in [5, 5.41) is 20.3. The molecular formula is C31H26ClF3N6O2. The maximum absolute atomic E-state index is 13.3. The number of H-pyrrole nitrogens is 1. The molecule has 0 radical (unpaired) electrons. The van der Waals surface area contributed by atoms with Crippen LogP contribution in [-0.2, 0) is 0 Å². The number of halogens is 4. The number of hydrogen-bond acceptors (Lipinski definition) is 5. The summed E-state index contributed by atoms with van der Waals surface area (Å²) >= 11 is 6.02. The third kappa shape index (κ3) is 7.89. The smallest absolute Gasteiger partial charge is 0.389 e. The number of alkyl halides is 3. The van der Waals surface area contributed by atoms with Gasteiger partial charge < -0.3 is 15.4 Å². The molecule has 43 heavy (non-hydrogen) atoms. The van der Waals surface area contributed by atoms with E-state index in [0.29, 0.717) is 33.2 Å². The first-order chi connectivity index (χ1) is 20.6. The van der Waals surface area contributed by atoms with Crippen LogP contribution in [0.4, 0.5) is 29.3 Å². The van der Waals surface area contributed by atoms with Gasteiger partial charge in [0.2, 0.25) is 5.82 Å². The predicted molar refractivity (Wildman–Crippen MR) is 159 cm³/mol. The number of benzene rings is 4. The van der Waals surface area contributed by atoms with Crippen LogP contribution < -0.4 is 15.4 Å². The van der Waals surface area contributed by atoms with E-state index >= 15 is 0 Å². The lowest BCUT2D eigenvalue weighted by Gasteiger charge is -2.23. The number of hydrogen-bond donors (Lipinski definition) is 3. The molecule has 12 heteroatoms. The van der Waals surface area contributed by atoms with Crippen molar-refractivity contribution in [2.45, 2.75) is 32.0 Å². The zero-order valence-corrected chi connectivity index (χ0v) is 23.6. The number of nitrogens with one attached hydrogen (secondary N) is 3. The van der Waals surface area contributed by atoms with Crippen LogP contribution in [0.15, 0.2) is 91.0 Å². The fraction of sp³-hybridized carbons (Fsp3) is 0.161. The molecule has 2 amide bonds. The van der Waals surface area contributed by atoms with E-state index in [4.69, 9.17) is 16.3 Å². The Balaban J connectivity index is 1.52. The molecule has 1 unspecified atom stereocenters. The lowest BCUT2D eigenvalue weighted by molar-refractivity contribution is -0.139. The summed E-state index contributed by atoms with van der Waals surface area (Å²) in [5.74, 6) is 0.555. The van der Waals surface area contributed by atoms with E-state index in [9.17, 15) is 18.0 Å². The highest BCUT2D eigenvalue weighted by atomic mass is 35.5. The van der Waals surface area contributed by atoms with Crippen molar-refractivity contribution < 1.29 is 22.7 Å². The van der Waals surface area contributed by atoms with E-state index in [-0.39, 0.29) is 17.9 Å². The van der Waals surface area contributed by atoms with Gasteiger partial charge in [0, 0.05) is 22.7 Å². The zero-order valence-electron chi connectivity index (χ0n) is 22.8. The Hall–Kier alpha value is -4.90. The first-order valence-corrected chi connectivity index (χ1v) is 13.6. The van der Waals surface area contributed by atoms with Gasteiger partial charge in [-0.15, -0.1) is 10.2 Å². The second kappa shape index (κ2) is 13.0. The van der Waals surface area contributed by atoms with Crippen molar-refractivity contribution in [2.75, 3.05) is 10.6 Å². The van der Waals surface area contributed by atoms with Crippen LogP contribution in [0.2, 0.25) is 5.02 Å². The molecule has 220 valence electrons. The fourth-order valence-corrected chi connectivity index (χ4v) is 4.57.